The molecule has 15 heteroatoms. The SMILES string of the molecule is CN1CCN(CC(=O)NC(c2ccncc2)n2cc(O)n(-c3ccc(S(=O)(=O)C(F)(F)F)cc3)c2=O)CC1. The van der Waals surface area contributed by atoms with Gasteiger partial charge in [0, 0.05) is 38.6 Å². The summed E-state index contributed by atoms with van der Waals surface area (Å²) in [4.78, 5) is 33.3. The van der Waals surface area contributed by atoms with Crippen LogP contribution in [0.5, 0.6) is 5.88 Å². The summed E-state index contributed by atoms with van der Waals surface area (Å²) in [6.45, 7) is 3.09. The van der Waals surface area contributed by atoms with Crippen LogP contribution < -0.4 is 11.0 Å². The van der Waals surface area contributed by atoms with Crippen LogP contribution in [0.1, 0.15) is 11.7 Å². The van der Waals surface area contributed by atoms with Crippen molar-refractivity contribution in [3.8, 4) is 11.6 Å². The summed E-state index contributed by atoms with van der Waals surface area (Å²) >= 11 is 0. The van der Waals surface area contributed by atoms with E-state index in [2.05, 4.69) is 15.2 Å². The number of pyridine rings is 1. The molecular formula is C23H25F3N6O5S. The van der Waals surface area contributed by atoms with E-state index in [0.717, 1.165) is 40.6 Å². The van der Waals surface area contributed by atoms with Crippen molar-refractivity contribution in [2.75, 3.05) is 39.8 Å². The number of carbonyl (C=O) groups excluding carboxylic acids is 1. The van der Waals surface area contributed by atoms with E-state index in [1.807, 2.05) is 11.9 Å². The van der Waals surface area contributed by atoms with Gasteiger partial charge >= 0.3 is 11.2 Å². The maximum Gasteiger partial charge on any atom is 0.501 e. The lowest BCUT2D eigenvalue weighted by atomic mass is 10.2. The van der Waals surface area contributed by atoms with Crippen molar-refractivity contribution in [1.29, 1.82) is 0 Å². The maximum atomic E-state index is 13.3. The molecule has 1 unspecified atom stereocenters. The number of nitrogens with one attached hydrogen (secondary N) is 1. The maximum absolute atomic E-state index is 13.3. The zero-order chi connectivity index (χ0) is 27.7. The van der Waals surface area contributed by atoms with Gasteiger partial charge in [0.15, 0.2) is 0 Å². The van der Waals surface area contributed by atoms with E-state index in [4.69, 9.17) is 0 Å². The summed E-state index contributed by atoms with van der Waals surface area (Å²) in [5.74, 6) is -0.939. The van der Waals surface area contributed by atoms with Crippen LogP contribution in [0.15, 0.2) is 64.7 Å². The van der Waals surface area contributed by atoms with E-state index in [1.165, 1.54) is 12.4 Å². The largest absolute Gasteiger partial charge is 0.501 e. The molecular weight excluding hydrogens is 529 g/mol. The third-order valence-corrected chi connectivity index (χ3v) is 7.67. The molecule has 0 bridgehead atoms. The van der Waals surface area contributed by atoms with Crippen LogP contribution in [0.4, 0.5) is 13.2 Å². The Hall–Kier alpha value is -3.69. The van der Waals surface area contributed by atoms with Gasteiger partial charge in [-0.25, -0.2) is 17.8 Å². The monoisotopic (exact) mass is 554 g/mol. The molecule has 4 rings (SSSR count). The van der Waals surface area contributed by atoms with Crippen molar-refractivity contribution in [1.82, 2.24) is 29.2 Å². The summed E-state index contributed by atoms with van der Waals surface area (Å²) in [5.41, 5.74) is -5.91. The Morgan fingerprint density at radius 3 is 2.26 bits per heavy atom. The second-order valence-electron chi connectivity index (χ2n) is 8.79. The number of carbonyl (C=O) groups is 1. The quantitative estimate of drug-likeness (QED) is 0.442. The molecule has 3 aromatic rings. The molecule has 1 amide bonds. The van der Waals surface area contributed by atoms with Crippen molar-refractivity contribution < 1.29 is 31.5 Å². The Morgan fingerprint density at radius 1 is 1.08 bits per heavy atom. The molecule has 1 aliphatic heterocycles. The second-order valence-corrected chi connectivity index (χ2v) is 10.7. The van der Waals surface area contributed by atoms with Crippen molar-refractivity contribution in [2.45, 2.75) is 16.6 Å². The predicted molar refractivity (Wildman–Crippen MR) is 129 cm³/mol. The first kappa shape index (κ1) is 27.3. The van der Waals surface area contributed by atoms with Crippen LogP contribution in [0.25, 0.3) is 5.69 Å². The average Bonchev–Trinajstić information content (AvgIpc) is 3.17. The van der Waals surface area contributed by atoms with Crippen LogP contribution in [-0.2, 0) is 14.6 Å². The van der Waals surface area contributed by atoms with Gasteiger partial charge in [-0.2, -0.15) is 13.2 Å². The molecule has 1 saturated heterocycles. The normalized spacial score (nSPS) is 16.3. The zero-order valence-corrected chi connectivity index (χ0v) is 21.0. The summed E-state index contributed by atoms with van der Waals surface area (Å²) in [6, 6.07) is 6.49. The Labute approximate surface area is 215 Å². The Morgan fingerprint density at radius 2 is 1.68 bits per heavy atom. The number of aromatic hydroxyl groups is 1. The fourth-order valence-electron chi connectivity index (χ4n) is 4.05. The lowest BCUT2D eigenvalue weighted by Gasteiger charge is -2.32. The highest BCUT2D eigenvalue weighted by molar-refractivity contribution is 7.92. The molecule has 0 spiro atoms. The molecule has 2 N–H and O–H groups in total. The number of amides is 1. The van der Waals surface area contributed by atoms with Crippen LogP contribution in [-0.4, -0.2) is 88.6 Å². The van der Waals surface area contributed by atoms with Crippen LogP contribution in [0.2, 0.25) is 0 Å². The molecule has 11 nitrogen and oxygen atoms in total. The van der Waals surface area contributed by atoms with Gasteiger partial charge < -0.3 is 15.3 Å². The lowest BCUT2D eigenvalue weighted by Crippen LogP contribution is -2.49. The molecule has 204 valence electrons. The van der Waals surface area contributed by atoms with E-state index in [9.17, 15) is 36.3 Å². The van der Waals surface area contributed by atoms with E-state index in [1.54, 1.807) is 12.1 Å². The third-order valence-electron chi connectivity index (χ3n) is 6.17. The number of sulfone groups is 1. The number of likely N-dealkylation sites (N-methyl/N-ethyl adjacent to an activating group) is 1. The number of alkyl halides is 3. The van der Waals surface area contributed by atoms with Gasteiger partial charge in [-0.05, 0) is 49.0 Å². The summed E-state index contributed by atoms with van der Waals surface area (Å²) < 4.78 is 63.7. The number of benzene rings is 1. The van der Waals surface area contributed by atoms with E-state index >= 15 is 0 Å². The topological polar surface area (TPSA) is 130 Å². The Bertz CT molecular complexity index is 1450. The highest BCUT2D eigenvalue weighted by atomic mass is 32.2. The first-order valence-corrected chi connectivity index (χ1v) is 12.9. The summed E-state index contributed by atoms with van der Waals surface area (Å²) in [6.07, 6.45) is 2.97. The Balaban J connectivity index is 1.65. The number of hydrogen-bond donors (Lipinski definition) is 2. The fourth-order valence-corrected chi connectivity index (χ4v) is 4.81. The molecule has 38 heavy (non-hydrogen) atoms. The minimum absolute atomic E-state index is 0.0791. The number of rotatable bonds is 7. The summed E-state index contributed by atoms with van der Waals surface area (Å²) in [5, 5.41) is 13.3. The highest BCUT2D eigenvalue weighted by Gasteiger charge is 2.46. The number of piperazine rings is 1. The molecule has 0 saturated carbocycles. The van der Waals surface area contributed by atoms with Crippen molar-refractivity contribution >= 4 is 15.7 Å². The molecule has 2 aromatic heterocycles. The standard InChI is InChI=1S/C23H25F3N6O5S/c1-29-10-12-30(13-11-29)14-19(33)28-21(16-6-8-27-9-7-16)31-15-20(34)32(22(31)35)17-2-4-18(5-3-17)38(36,37)23(24,25)26/h2-9,15,21,34H,10-14H2,1H3,(H,28,33). The number of halogens is 3. The number of nitrogens with zero attached hydrogens (tertiary/aromatic N) is 5. The zero-order valence-electron chi connectivity index (χ0n) is 20.2. The minimum atomic E-state index is -5.58. The highest BCUT2D eigenvalue weighted by Crippen LogP contribution is 2.31. The van der Waals surface area contributed by atoms with Gasteiger partial charge in [-0.15, -0.1) is 0 Å². The average molecular weight is 555 g/mol. The fraction of sp³-hybridized carbons (Fsp3) is 0.348. The molecule has 1 fully saturated rings. The van der Waals surface area contributed by atoms with E-state index in [0.29, 0.717) is 30.8 Å². The molecule has 0 radical (unpaired) electrons. The third kappa shape index (κ3) is 5.58. The second kappa shape index (κ2) is 10.6. The number of hydrogen-bond acceptors (Lipinski definition) is 8. The van der Waals surface area contributed by atoms with Crippen LogP contribution in [0.3, 0.4) is 0 Å². The van der Waals surface area contributed by atoms with E-state index < -0.39 is 38.0 Å². The van der Waals surface area contributed by atoms with Gasteiger partial charge in [0.25, 0.3) is 9.84 Å². The van der Waals surface area contributed by atoms with Gasteiger partial charge in [0.1, 0.15) is 6.17 Å². The molecule has 1 aliphatic rings. The predicted octanol–water partition coefficient (Wildman–Crippen LogP) is 0.944. The van der Waals surface area contributed by atoms with Gasteiger partial charge in [-0.1, -0.05) is 0 Å². The molecule has 1 aromatic carbocycles. The van der Waals surface area contributed by atoms with Crippen molar-refractivity contribution in [3.63, 3.8) is 0 Å². The molecule has 0 aliphatic carbocycles. The van der Waals surface area contributed by atoms with Crippen LogP contribution in [0, 0.1) is 0 Å². The van der Waals surface area contributed by atoms with Crippen LogP contribution >= 0.6 is 0 Å². The first-order valence-electron chi connectivity index (χ1n) is 11.4. The van der Waals surface area contributed by atoms with Gasteiger partial charge in [0.2, 0.25) is 11.8 Å². The molecule has 1 atom stereocenters. The van der Waals surface area contributed by atoms with Crippen molar-refractivity contribution in [3.05, 3.63) is 71.0 Å². The first-order chi connectivity index (χ1) is 17.9. The molecule has 3 heterocycles. The minimum Gasteiger partial charge on any atom is -0.493 e. The van der Waals surface area contributed by atoms with Gasteiger partial charge in [0.05, 0.1) is 23.3 Å². The van der Waals surface area contributed by atoms with Crippen molar-refractivity contribution in [2.24, 2.45) is 0 Å². The Kier molecular flexibility index (Phi) is 7.62. The van der Waals surface area contributed by atoms with Gasteiger partial charge in [-0.3, -0.25) is 19.2 Å². The number of imidazole rings is 1. The lowest BCUT2D eigenvalue weighted by molar-refractivity contribution is -0.123. The van der Waals surface area contributed by atoms with E-state index in [-0.39, 0.29) is 18.1 Å². The smallest absolute Gasteiger partial charge is 0.493 e. The summed E-state index contributed by atoms with van der Waals surface area (Å²) in [7, 11) is -3.59. The number of aromatic nitrogens is 3.